The van der Waals surface area contributed by atoms with Crippen LogP contribution < -0.4 is 0 Å². The minimum atomic E-state index is -7.35. The molecule has 0 radical (unpaired) electrons. The Bertz CT molecular complexity index is 839. The van der Waals surface area contributed by atoms with E-state index in [2.05, 4.69) is 9.78 Å². The normalized spacial score (nSPS) is 17.5. The summed E-state index contributed by atoms with van der Waals surface area (Å²) < 4.78 is 204. The standard InChI is InChI=1S/C14H6F16O6/c1-7(15,3(31)9(17,18)11(21,22)13(25,26)27)5(33)35-36-6(34)8(2,16)4(32)10(19,20)12(23,24)14(28,29)30/h1-2H3. The van der Waals surface area contributed by atoms with Crippen molar-refractivity contribution in [3.05, 3.63) is 0 Å². The van der Waals surface area contributed by atoms with E-state index in [4.69, 9.17) is 0 Å². The van der Waals surface area contributed by atoms with E-state index in [-0.39, 0.29) is 0 Å². The molecule has 2 unspecified atom stereocenters. The number of alkyl halides is 16. The minimum Gasteiger partial charge on any atom is -0.288 e. The van der Waals surface area contributed by atoms with Crippen LogP contribution in [0.15, 0.2) is 0 Å². The molecule has 0 rings (SSSR count). The number of ketones is 2. The van der Waals surface area contributed by atoms with Gasteiger partial charge in [0.25, 0.3) is 22.9 Å². The third-order valence-electron chi connectivity index (χ3n) is 3.88. The second-order valence-corrected chi connectivity index (χ2v) is 6.70. The van der Waals surface area contributed by atoms with Crippen molar-refractivity contribution in [3.63, 3.8) is 0 Å². The third kappa shape index (κ3) is 5.15. The van der Waals surface area contributed by atoms with Crippen LogP contribution in [0.3, 0.4) is 0 Å². The van der Waals surface area contributed by atoms with E-state index >= 15 is 0 Å². The molecule has 0 aliphatic heterocycles. The van der Waals surface area contributed by atoms with Gasteiger partial charge < -0.3 is 0 Å². The first kappa shape index (κ1) is 33.2. The Hall–Kier alpha value is -2.84. The zero-order valence-electron chi connectivity index (χ0n) is 16.5. The van der Waals surface area contributed by atoms with Gasteiger partial charge in [-0.1, -0.05) is 0 Å². The summed E-state index contributed by atoms with van der Waals surface area (Å²) in [7, 11) is 0. The summed E-state index contributed by atoms with van der Waals surface area (Å²) in [6.07, 6.45) is -14.5. The van der Waals surface area contributed by atoms with Crippen LogP contribution in [0.25, 0.3) is 0 Å². The molecule has 0 aliphatic rings. The Morgan fingerprint density at radius 1 is 0.444 bits per heavy atom. The van der Waals surface area contributed by atoms with Crippen molar-refractivity contribution in [3.8, 4) is 0 Å². The van der Waals surface area contributed by atoms with Crippen molar-refractivity contribution in [2.24, 2.45) is 0 Å². The van der Waals surface area contributed by atoms with Crippen molar-refractivity contribution in [1.29, 1.82) is 0 Å². The van der Waals surface area contributed by atoms with Gasteiger partial charge in [0, 0.05) is 0 Å². The van der Waals surface area contributed by atoms with Gasteiger partial charge in [-0.05, 0) is 13.8 Å². The molecule has 0 heterocycles. The van der Waals surface area contributed by atoms with E-state index in [1.54, 1.807) is 0 Å². The first-order chi connectivity index (χ1) is 15.4. The van der Waals surface area contributed by atoms with Crippen LogP contribution in [0, 0.1) is 0 Å². The van der Waals surface area contributed by atoms with Crippen LogP contribution in [0.4, 0.5) is 70.2 Å². The summed E-state index contributed by atoms with van der Waals surface area (Å²) in [5.74, 6) is -44.3. The number of carbonyl (C=O) groups excluding carboxylic acids is 4. The van der Waals surface area contributed by atoms with Gasteiger partial charge in [0.05, 0.1) is 0 Å². The summed E-state index contributed by atoms with van der Waals surface area (Å²) in [5.41, 5.74) is -10.7. The number of hydrogen-bond donors (Lipinski definition) is 0. The predicted octanol–water partition coefficient (Wildman–Crippen LogP) is 4.25. The number of rotatable bonds is 8. The van der Waals surface area contributed by atoms with Crippen molar-refractivity contribution in [2.75, 3.05) is 0 Å². The SMILES string of the molecule is CC(F)(C(=O)OOC(=O)C(C)(F)C(=O)C(F)(F)C(F)(F)C(F)(F)F)C(=O)C(F)(F)C(F)(F)C(F)(F)F. The highest BCUT2D eigenvalue weighted by Gasteiger charge is 2.80. The van der Waals surface area contributed by atoms with Crippen LogP contribution in [0.2, 0.25) is 0 Å². The number of hydrogen-bond acceptors (Lipinski definition) is 6. The molecule has 0 saturated heterocycles. The topological polar surface area (TPSA) is 86.7 Å². The lowest BCUT2D eigenvalue weighted by Crippen LogP contribution is -2.62. The van der Waals surface area contributed by atoms with Crippen molar-refractivity contribution < 1.29 is 99.2 Å². The lowest BCUT2D eigenvalue weighted by Gasteiger charge is -2.30. The van der Waals surface area contributed by atoms with Crippen LogP contribution in [-0.2, 0) is 29.0 Å². The van der Waals surface area contributed by atoms with Crippen LogP contribution in [0.5, 0.6) is 0 Å². The molecule has 210 valence electrons. The summed E-state index contributed by atoms with van der Waals surface area (Å²) >= 11 is 0. The average Bonchev–Trinajstić information content (AvgIpc) is 2.67. The Kier molecular flexibility index (Phi) is 8.22. The minimum absolute atomic E-state index is 0.816. The van der Waals surface area contributed by atoms with Crippen molar-refractivity contribution >= 4 is 23.5 Å². The number of Topliss-reactive ketones (excluding diaryl/α,β-unsaturated/α-hetero) is 2. The van der Waals surface area contributed by atoms with Crippen LogP contribution >= 0.6 is 0 Å². The first-order valence-corrected chi connectivity index (χ1v) is 7.92. The van der Waals surface area contributed by atoms with Gasteiger partial charge in [0.1, 0.15) is 0 Å². The van der Waals surface area contributed by atoms with Gasteiger partial charge in [-0.15, -0.1) is 0 Å². The van der Waals surface area contributed by atoms with Gasteiger partial charge in [-0.2, -0.15) is 61.5 Å². The Balaban J connectivity index is 5.85. The van der Waals surface area contributed by atoms with Gasteiger partial charge in [-0.25, -0.2) is 28.1 Å². The number of carbonyl (C=O) groups is 4. The highest BCUT2D eigenvalue weighted by molar-refractivity contribution is 6.11. The first-order valence-electron chi connectivity index (χ1n) is 7.92. The lowest BCUT2D eigenvalue weighted by molar-refractivity contribution is -0.346. The van der Waals surface area contributed by atoms with Crippen LogP contribution in [0.1, 0.15) is 13.8 Å². The molecule has 0 amide bonds. The van der Waals surface area contributed by atoms with E-state index in [1.807, 2.05) is 0 Å². The van der Waals surface area contributed by atoms with Gasteiger partial charge in [0.15, 0.2) is 0 Å². The molecule has 6 nitrogen and oxygen atoms in total. The van der Waals surface area contributed by atoms with E-state index in [9.17, 15) is 89.4 Å². The summed E-state index contributed by atoms with van der Waals surface area (Å²) in [4.78, 5) is 50.4. The molecule has 0 aromatic rings. The van der Waals surface area contributed by atoms with E-state index < -0.39 is 84.7 Å². The second kappa shape index (κ2) is 8.92. The zero-order valence-corrected chi connectivity index (χ0v) is 16.5. The molecule has 0 aliphatic carbocycles. The van der Waals surface area contributed by atoms with Gasteiger partial charge in [0.2, 0.25) is 0 Å². The summed E-state index contributed by atoms with van der Waals surface area (Å²) in [6, 6.07) is 0. The predicted molar refractivity (Wildman–Crippen MR) is 73.1 cm³/mol. The molecule has 0 N–H and O–H groups in total. The molecule has 0 bridgehead atoms. The summed E-state index contributed by atoms with van der Waals surface area (Å²) in [6.45, 7) is -1.63. The Morgan fingerprint density at radius 2 is 0.639 bits per heavy atom. The van der Waals surface area contributed by atoms with Gasteiger partial charge >= 0.3 is 48.0 Å². The molecular weight excluding hydrogens is 568 g/mol. The van der Waals surface area contributed by atoms with E-state index in [1.165, 1.54) is 0 Å². The van der Waals surface area contributed by atoms with E-state index in [0.29, 0.717) is 0 Å². The fourth-order valence-electron chi connectivity index (χ4n) is 1.65. The van der Waals surface area contributed by atoms with Crippen molar-refractivity contribution in [2.45, 2.75) is 61.2 Å². The molecule has 0 aromatic carbocycles. The highest BCUT2D eigenvalue weighted by Crippen LogP contribution is 2.50. The molecule has 0 saturated carbocycles. The maximum Gasteiger partial charge on any atom is 0.460 e. The quantitative estimate of drug-likeness (QED) is 0.187. The maximum absolute atomic E-state index is 14.0. The molecule has 2 atom stereocenters. The fourth-order valence-corrected chi connectivity index (χ4v) is 1.65. The van der Waals surface area contributed by atoms with Gasteiger partial charge in [-0.3, -0.25) is 9.59 Å². The molecule has 0 fully saturated rings. The van der Waals surface area contributed by atoms with E-state index in [0.717, 1.165) is 0 Å². The average molecular weight is 574 g/mol. The fraction of sp³-hybridized carbons (Fsp3) is 0.714. The largest absolute Gasteiger partial charge is 0.460 e. The van der Waals surface area contributed by atoms with Crippen LogP contribution in [-0.4, -0.2) is 70.9 Å². The monoisotopic (exact) mass is 574 g/mol. The summed E-state index contributed by atoms with van der Waals surface area (Å²) in [5, 5.41) is 0. The smallest absolute Gasteiger partial charge is 0.288 e. The van der Waals surface area contributed by atoms with Crippen molar-refractivity contribution in [1.82, 2.24) is 0 Å². The number of halogens is 16. The lowest BCUT2D eigenvalue weighted by atomic mass is 9.93. The Morgan fingerprint density at radius 3 is 0.806 bits per heavy atom. The molecule has 22 heteroatoms. The Labute approximate surface area is 185 Å². The highest BCUT2D eigenvalue weighted by atomic mass is 19.4. The molecule has 0 spiro atoms. The molecule has 36 heavy (non-hydrogen) atoms. The zero-order chi connectivity index (χ0) is 29.7. The molecule has 0 aromatic heterocycles. The second-order valence-electron chi connectivity index (χ2n) is 6.70. The molecular formula is C14H6F16O6. The third-order valence-corrected chi connectivity index (χ3v) is 3.88. The maximum atomic E-state index is 14.0.